The van der Waals surface area contributed by atoms with Gasteiger partial charge in [-0.05, 0) is 62.6 Å². The highest BCUT2D eigenvalue weighted by Gasteiger charge is 2.43. The van der Waals surface area contributed by atoms with Gasteiger partial charge in [0.05, 0.1) is 18.2 Å². The molecule has 2 unspecified atom stereocenters. The Morgan fingerprint density at radius 2 is 1.84 bits per heavy atom. The van der Waals surface area contributed by atoms with Crippen LogP contribution < -0.4 is 11.1 Å². The van der Waals surface area contributed by atoms with Crippen LogP contribution in [0.2, 0.25) is 0 Å². The van der Waals surface area contributed by atoms with E-state index in [9.17, 15) is 13.6 Å². The molecule has 2 aliphatic heterocycles. The number of aryl methyl sites for hydroxylation is 1. The molecule has 0 aromatic heterocycles. The van der Waals surface area contributed by atoms with Crippen molar-refractivity contribution in [1.82, 2.24) is 4.90 Å². The van der Waals surface area contributed by atoms with Crippen molar-refractivity contribution < 1.29 is 18.3 Å². The van der Waals surface area contributed by atoms with Crippen molar-refractivity contribution in [2.24, 2.45) is 11.7 Å². The van der Waals surface area contributed by atoms with Gasteiger partial charge in [0.2, 0.25) is 0 Å². The number of nitrogens with one attached hydrogen (secondary N) is 1. The van der Waals surface area contributed by atoms with Crippen LogP contribution in [-0.2, 0) is 4.74 Å². The molecule has 0 bridgehead atoms. The number of carbonyl (C=O) groups is 1. The SMILES string of the molecule is Cc1ccc(C(=O)N(CCCN)CC2CC[C@@H]3C(O2)c2cc(C(F)F)ccc2N[C@H]3c2ccccc2)cc1. The quantitative estimate of drug-likeness (QED) is 0.360. The number of halogens is 2. The van der Waals surface area contributed by atoms with Crippen LogP contribution in [-0.4, -0.2) is 36.5 Å². The van der Waals surface area contributed by atoms with Crippen LogP contribution in [0.25, 0.3) is 0 Å². The first-order valence-electron chi connectivity index (χ1n) is 13.4. The second kappa shape index (κ2) is 11.6. The number of rotatable bonds is 8. The Bertz CT molecular complexity index is 1240. The number of alkyl halides is 2. The molecule has 200 valence electrons. The molecule has 0 saturated carbocycles. The van der Waals surface area contributed by atoms with Crippen LogP contribution in [0.5, 0.6) is 0 Å². The van der Waals surface area contributed by atoms with Gasteiger partial charge in [-0.2, -0.15) is 0 Å². The number of benzene rings is 3. The van der Waals surface area contributed by atoms with Gasteiger partial charge in [-0.1, -0.05) is 54.1 Å². The van der Waals surface area contributed by atoms with E-state index in [2.05, 4.69) is 17.4 Å². The van der Waals surface area contributed by atoms with E-state index >= 15 is 0 Å². The van der Waals surface area contributed by atoms with Crippen molar-refractivity contribution >= 4 is 11.6 Å². The second-order valence-corrected chi connectivity index (χ2v) is 10.4. The van der Waals surface area contributed by atoms with Crippen molar-refractivity contribution in [2.75, 3.05) is 25.0 Å². The van der Waals surface area contributed by atoms with Gasteiger partial charge < -0.3 is 20.7 Å². The summed E-state index contributed by atoms with van der Waals surface area (Å²) >= 11 is 0. The second-order valence-electron chi connectivity index (χ2n) is 10.4. The maximum atomic E-state index is 13.6. The zero-order valence-corrected chi connectivity index (χ0v) is 21.7. The number of ether oxygens (including phenoxy) is 1. The molecular formula is C31H35F2N3O2. The summed E-state index contributed by atoms with van der Waals surface area (Å²) in [6.07, 6.45) is -0.790. The van der Waals surface area contributed by atoms with Crippen LogP contribution in [0, 0.1) is 12.8 Å². The van der Waals surface area contributed by atoms with E-state index in [1.165, 1.54) is 6.07 Å². The maximum Gasteiger partial charge on any atom is 0.263 e. The molecule has 0 aliphatic carbocycles. The molecule has 4 atom stereocenters. The fourth-order valence-electron chi connectivity index (χ4n) is 5.72. The van der Waals surface area contributed by atoms with Gasteiger partial charge in [-0.25, -0.2) is 8.78 Å². The molecule has 2 heterocycles. The number of nitrogens with two attached hydrogens (primary N) is 1. The van der Waals surface area contributed by atoms with Crippen LogP contribution in [0.3, 0.4) is 0 Å². The lowest BCUT2D eigenvalue weighted by molar-refractivity contribution is -0.0999. The van der Waals surface area contributed by atoms with E-state index in [4.69, 9.17) is 10.5 Å². The average Bonchev–Trinajstić information content (AvgIpc) is 2.95. The van der Waals surface area contributed by atoms with Crippen LogP contribution in [0.4, 0.5) is 14.5 Å². The van der Waals surface area contributed by atoms with Gasteiger partial charge in [0, 0.05) is 41.4 Å². The maximum absolute atomic E-state index is 13.6. The van der Waals surface area contributed by atoms with E-state index in [0.29, 0.717) is 31.6 Å². The van der Waals surface area contributed by atoms with E-state index in [1.54, 1.807) is 12.1 Å². The summed E-state index contributed by atoms with van der Waals surface area (Å²) in [6, 6.07) is 22.6. The number of fused-ring (bicyclic) bond motifs is 3. The summed E-state index contributed by atoms with van der Waals surface area (Å²) in [4.78, 5) is 15.2. The number of amides is 1. The first-order chi connectivity index (χ1) is 18.4. The minimum absolute atomic E-state index is 0.00712. The molecule has 7 heteroatoms. The van der Waals surface area contributed by atoms with Crippen molar-refractivity contribution in [3.05, 3.63) is 101 Å². The van der Waals surface area contributed by atoms with Crippen LogP contribution >= 0.6 is 0 Å². The van der Waals surface area contributed by atoms with E-state index in [0.717, 1.165) is 35.2 Å². The van der Waals surface area contributed by atoms with Gasteiger partial charge in [0.15, 0.2) is 0 Å². The summed E-state index contributed by atoms with van der Waals surface area (Å²) in [5.74, 6) is 0.0383. The molecule has 1 amide bonds. The molecule has 0 spiro atoms. The normalized spacial score (nSPS) is 22.3. The number of carbonyl (C=O) groups excluding carboxylic acids is 1. The number of hydrogen-bond acceptors (Lipinski definition) is 4. The van der Waals surface area contributed by atoms with Crippen molar-refractivity contribution in [3.8, 4) is 0 Å². The van der Waals surface area contributed by atoms with Gasteiger partial charge >= 0.3 is 0 Å². The average molecular weight is 520 g/mol. The molecule has 5 nitrogen and oxygen atoms in total. The minimum atomic E-state index is -2.55. The molecule has 5 rings (SSSR count). The van der Waals surface area contributed by atoms with Crippen molar-refractivity contribution in [1.29, 1.82) is 0 Å². The highest BCUT2D eigenvalue weighted by atomic mass is 19.3. The molecule has 1 saturated heterocycles. The molecule has 3 aromatic rings. The Morgan fingerprint density at radius 3 is 2.55 bits per heavy atom. The zero-order chi connectivity index (χ0) is 26.6. The minimum Gasteiger partial charge on any atom is -0.378 e. The van der Waals surface area contributed by atoms with Crippen molar-refractivity contribution in [2.45, 2.75) is 50.9 Å². The Morgan fingerprint density at radius 1 is 1.08 bits per heavy atom. The molecule has 2 aliphatic rings. The molecular weight excluding hydrogens is 484 g/mol. The third-order valence-corrected chi connectivity index (χ3v) is 7.72. The van der Waals surface area contributed by atoms with Gasteiger partial charge in [-0.15, -0.1) is 0 Å². The third kappa shape index (κ3) is 5.59. The van der Waals surface area contributed by atoms with Gasteiger partial charge in [0.1, 0.15) is 0 Å². The Labute approximate surface area is 223 Å². The van der Waals surface area contributed by atoms with E-state index in [-0.39, 0.29) is 35.6 Å². The molecule has 3 aromatic carbocycles. The van der Waals surface area contributed by atoms with Crippen LogP contribution in [0.15, 0.2) is 72.8 Å². The lowest BCUT2D eigenvalue weighted by Crippen LogP contribution is -2.45. The van der Waals surface area contributed by atoms with Crippen LogP contribution in [0.1, 0.15) is 70.4 Å². The lowest BCUT2D eigenvalue weighted by atomic mass is 9.76. The Balaban J connectivity index is 1.42. The summed E-state index contributed by atoms with van der Waals surface area (Å²) in [5.41, 5.74) is 10.2. The fraction of sp³-hybridized carbons (Fsp3) is 0.387. The smallest absolute Gasteiger partial charge is 0.263 e. The molecule has 0 radical (unpaired) electrons. The first kappa shape index (κ1) is 26.3. The molecule has 38 heavy (non-hydrogen) atoms. The van der Waals surface area contributed by atoms with Gasteiger partial charge in [0.25, 0.3) is 12.3 Å². The molecule has 1 fully saturated rings. The largest absolute Gasteiger partial charge is 0.378 e. The summed E-state index contributed by atoms with van der Waals surface area (Å²) in [7, 11) is 0. The molecule has 3 N–H and O–H groups in total. The monoisotopic (exact) mass is 519 g/mol. The lowest BCUT2D eigenvalue weighted by Gasteiger charge is -2.46. The zero-order valence-electron chi connectivity index (χ0n) is 21.7. The summed E-state index contributed by atoms with van der Waals surface area (Å²) in [6.45, 7) is 3.45. The van der Waals surface area contributed by atoms with E-state index in [1.807, 2.05) is 54.3 Å². The van der Waals surface area contributed by atoms with E-state index < -0.39 is 6.43 Å². The Hall–Kier alpha value is -3.29. The first-order valence-corrected chi connectivity index (χ1v) is 13.4. The highest BCUT2D eigenvalue weighted by Crippen LogP contribution is 2.51. The Kier molecular flexibility index (Phi) is 8.05. The topological polar surface area (TPSA) is 67.6 Å². The predicted octanol–water partition coefficient (Wildman–Crippen LogP) is 6.43. The number of anilines is 1. The highest BCUT2D eigenvalue weighted by molar-refractivity contribution is 5.94. The summed E-state index contributed by atoms with van der Waals surface area (Å²) < 4.78 is 34.0. The number of nitrogens with zero attached hydrogens (tertiary/aromatic N) is 1. The fourth-order valence-corrected chi connectivity index (χ4v) is 5.72. The standard InChI is InChI=1S/C31H35F2N3O2/c1-20-8-10-22(11-9-20)31(37)36(17-5-16-34)19-24-13-14-25-28(21-6-3-2-4-7-21)35-27-15-12-23(30(32)33)18-26(27)29(25)38-24/h2-4,6-12,15,18,24-25,28-30,35H,5,13-14,16-17,19,34H2,1H3/t24?,25-,28-,29?/m0/s1. The summed E-state index contributed by atoms with van der Waals surface area (Å²) in [5, 5.41) is 3.60. The van der Waals surface area contributed by atoms with Gasteiger partial charge in [-0.3, -0.25) is 4.79 Å². The number of hydrogen-bond donors (Lipinski definition) is 2. The third-order valence-electron chi connectivity index (χ3n) is 7.72. The van der Waals surface area contributed by atoms with Crippen molar-refractivity contribution in [3.63, 3.8) is 0 Å². The predicted molar refractivity (Wildman–Crippen MR) is 145 cm³/mol.